The third-order valence-corrected chi connectivity index (χ3v) is 1.36. The molecule has 0 aromatic heterocycles. The first-order valence-corrected chi connectivity index (χ1v) is 6.70. The summed E-state index contributed by atoms with van der Waals surface area (Å²) >= 11 is 16.6. The van der Waals surface area contributed by atoms with Gasteiger partial charge in [0.2, 0.25) is 0 Å². The van der Waals surface area contributed by atoms with Crippen LogP contribution < -0.4 is 0 Å². The van der Waals surface area contributed by atoms with Crippen LogP contribution in [-0.4, -0.2) is 21.3 Å². The molecule has 0 heterocycles. The molecule has 0 spiro atoms. The van der Waals surface area contributed by atoms with E-state index in [0.717, 1.165) is 4.43 Å². The van der Waals surface area contributed by atoms with Gasteiger partial charge in [-0.05, 0) is 20.8 Å². The zero-order valence-corrected chi connectivity index (χ0v) is 12.7. The van der Waals surface area contributed by atoms with E-state index in [9.17, 15) is 4.79 Å². The second-order valence-corrected chi connectivity index (χ2v) is 6.38. The average molecular weight is 375 g/mol. The van der Waals surface area contributed by atoms with Gasteiger partial charge in [-0.25, -0.2) is 0 Å². The minimum absolute atomic E-state index is 0.121. The topological polar surface area (TPSA) is 26.3 Å². The second-order valence-electron chi connectivity index (χ2n) is 3.32. The number of hydrogen-bond acceptors (Lipinski definition) is 2. The Bertz CT molecular complexity index is 154. The number of hydrogen-bond donors (Lipinski definition) is 0. The van der Waals surface area contributed by atoms with E-state index in [1.165, 1.54) is 0 Å². The summed E-state index contributed by atoms with van der Waals surface area (Å²) in [5.74, 6) is -0.121. The predicted molar refractivity (Wildman–Crippen MR) is 70.6 cm³/mol. The predicted octanol–water partition coefficient (Wildman–Crippen LogP) is 4.00. The van der Waals surface area contributed by atoms with Crippen molar-refractivity contribution >= 4 is 63.4 Å². The smallest absolute Gasteiger partial charge is 0.311 e. The van der Waals surface area contributed by atoms with Crippen LogP contribution in [-0.2, 0) is 9.53 Å². The zero-order valence-electron chi connectivity index (χ0n) is 8.32. The van der Waals surface area contributed by atoms with Gasteiger partial charge in [0, 0.05) is 4.43 Å². The van der Waals surface area contributed by atoms with Crippen LogP contribution in [0.1, 0.15) is 20.8 Å². The highest BCUT2D eigenvalue weighted by Crippen LogP contribution is 2.14. The molecule has 0 bridgehead atoms. The number of carbonyl (C=O) groups excluding carboxylic acids is 1. The molecule has 0 N–H and O–H groups in total. The molecule has 0 rings (SSSR count). The summed E-state index contributed by atoms with van der Waals surface area (Å²) in [4.78, 5) is 11.0. The summed E-state index contributed by atoms with van der Waals surface area (Å²) in [7, 11) is 0. The summed E-state index contributed by atoms with van der Waals surface area (Å²) < 4.78 is 5.02. The molecule has 2 nitrogen and oxygen atoms in total. The highest BCUT2D eigenvalue weighted by atomic mass is 127. The van der Waals surface area contributed by atoms with Gasteiger partial charge < -0.3 is 4.74 Å². The first kappa shape index (κ1) is 17.5. The Morgan fingerprint density at radius 1 is 1.36 bits per heavy atom. The fourth-order valence-electron chi connectivity index (χ4n) is 0.348. The van der Waals surface area contributed by atoms with Crippen molar-refractivity contribution < 1.29 is 9.53 Å². The van der Waals surface area contributed by atoms with Crippen LogP contribution in [0.15, 0.2) is 0 Å². The van der Waals surface area contributed by atoms with Gasteiger partial charge in [-0.15, -0.1) is 0 Å². The van der Waals surface area contributed by atoms with Crippen molar-refractivity contribution in [3.05, 3.63) is 0 Å². The molecule has 0 aliphatic heterocycles. The van der Waals surface area contributed by atoms with Crippen molar-refractivity contribution in [2.45, 2.75) is 25.1 Å². The average Bonchev–Trinajstić information content (AvgIpc) is 1.97. The Labute approximate surface area is 114 Å². The molecule has 0 aromatic carbocycles. The van der Waals surface area contributed by atoms with Crippen LogP contribution in [0, 0.1) is 5.41 Å². The highest BCUT2D eigenvalue weighted by molar-refractivity contribution is 14.1. The minimum Gasteiger partial charge on any atom is -0.464 e. The molecule has 14 heavy (non-hydrogen) atoms. The van der Waals surface area contributed by atoms with Crippen LogP contribution in [0.2, 0.25) is 0 Å². The van der Waals surface area contributed by atoms with E-state index in [0.29, 0.717) is 6.61 Å². The lowest BCUT2D eigenvalue weighted by atomic mass is 9.97. The Kier molecular flexibility index (Phi) is 11.6. The number of rotatable bonds is 2. The first-order chi connectivity index (χ1) is 6.21. The molecule has 0 saturated carbocycles. The SMILES string of the molecule is CC(C)(C)C(=O)OCCI.ClC(Cl)Cl. The van der Waals surface area contributed by atoms with E-state index in [1.807, 2.05) is 20.8 Å². The van der Waals surface area contributed by atoms with E-state index in [1.54, 1.807) is 0 Å². The molecule has 0 unspecified atom stereocenters. The summed E-state index contributed by atoms with van der Waals surface area (Å²) in [6.07, 6.45) is 0. The highest BCUT2D eigenvalue weighted by Gasteiger charge is 2.22. The van der Waals surface area contributed by atoms with Crippen LogP contribution in [0.3, 0.4) is 0 Å². The Hall–Kier alpha value is 1.07. The fraction of sp³-hybridized carbons (Fsp3) is 0.875. The van der Waals surface area contributed by atoms with Gasteiger partial charge >= 0.3 is 5.97 Å². The van der Waals surface area contributed by atoms with E-state index in [4.69, 9.17) is 39.5 Å². The third-order valence-electron chi connectivity index (χ3n) is 0.923. The van der Waals surface area contributed by atoms with E-state index in [2.05, 4.69) is 22.6 Å². The van der Waals surface area contributed by atoms with E-state index < -0.39 is 4.30 Å². The monoisotopic (exact) mass is 374 g/mol. The van der Waals surface area contributed by atoms with Gasteiger partial charge in [0.05, 0.1) is 5.41 Å². The van der Waals surface area contributed by atoms with Crippen molar-refractivity contribution in [2.75, 3.05) is 11.0 Å². The molecular formula is C8H14Cl3IO2. The maximum absolute atomic E-state index is 11.0. The Morgan fingerprint density at radius 2 is 1.71 bits per heavy atom. The molecule has 0 atom stereocenters. The quantitative estimate of drug-likeness (QED) is 0.414. The molecule has 0 amide bonds. The van der Waals surface area contributed by atoms with Crippen LogP contribution >= 0.6 is 57.4 Å². The molecule has 0 saturated heterocycles. The second kappa shape index (κ2) is 9.31. The first-order valence-electron chi connectivity index (χ1n) is 3.87. The summed E-state index contributed by atoms with van der Waals surface area (Å²) in [5.41, 5.74) is -0.355. The van der Waals surface area contributed by atoms with Crippen molar-refractivity contribution in [3.63, 3.8) is 0 Å². The summed E-state index contributed by atoms with van der Waals surface area (Å²) in [6, 6.07) is 0. The standard InChI is InChI=1S/C7H13IO2.CHCl3/c1-7(2,3)6(9)10-5-4-8;2-1(3)4/h4-5H2,1-3H3;1H. The van der Waals surface area contributed by atoms with Crippen molar-refractivity contribution in [3.8, 4) is 0 Å². The van der Waals surface area contributed by atoms with Gasteiger partial charge in [-0.1, -0.05) is 57.4 Å². The molecule has 0 aromatic rings. The largest absolute Gasteiger partial charge is 0.464 e. The number of carbonyl (C=O) groups is 1. The van der Waals surface area contributed by atoms with E-state index >= 15 is 0 Å². The van der Waals surface area contributed by atoms with Gasteiger partial charge in [0.15, 0.2) is 4.30 Å². The maximum atomic E-state index is 11.0. The normalized spacial score (nSPS) is 10.6. The fourth-order valence-corrected chi connectivity index (χ4v) is 0.568. The van der Waals surface area contributed by atoms with Crippen LogP contribution in [0.25, 0.3) is 0 Å². The third kappa shape index (κ3) is 15.5. The minimum atomic E-state index is -0.750. The van der Waals surface area contributed by atoms with Gasteiger partial charge in [0.1, 0.15) is 6.61 Å². The molecule has 86 valence electrons. The molecule has 0 radical (unpaired) electrons. The molecule has 0 aliphatic rings. The Morgan fingerprint density at radius 3 is 1.93 bits per heavy atom. The van der Waals surface area contributed by atoms with Crippen molar-refractivity contribution in [1.29, 1.82) is 0 Å². The lowest BCUT2D eigenvalue weighted by Gasteiger charge is -2.15. The van der Waals surface area contributed by atoms with Crippen LogP contribution in [0.5, 0.6) is 0 Å². The zero-order chi connectivity index (χ0) is 11.8. The number of ether oxygens (including phenoxy) is 1. The lowest BCUT2D eigenvalue weighted by Crippen LogP contribution is -2.23. The van der Waals surface area contributed by atoms with Gasteiger partial charge in [0.25, 0.3) is 0 Å². The number of esters is 1. The van der Waals surface area contributed by atoms with Crippen molar-refractivity contribution in [2.24, 2.45) is 5.41 Å². The molecular weight excluding hydrogens is 361 g/mol. The lowest BCUT2D eigenvalue weighted by molar-refractivity contribution is -0.152. The molecule has 0 fully saturated rings. The number of halogens is 4. The van der Waals surface area contributed by atoms with E-state index in [-0.39, 0.29) is 11.4 Å². The molecule has 0 aliphatic carbocycles. The molecule has 6 heteroatoms. The maximum Gasteiger partial charge on any atom is 0.311 e. The van der Waals surface area contributed by atoms with Gasteiger partial charge in [-0.3, -0.25) is 4.79 Å². The number of alkyl halides is 4. The van der Waals surface area contributed by atoms with Crippen LogP contribution in [0.4, 0.5) is 0 Å². The van der Waals surface area contributed by atoms with Crippen molar-refractivity contribution in [1.82, 2.24) is 0 Å². The van der Waals surface area contributed by atoms with Gasteiger partial charge in [-0.2, -0.15) is 0 Å². The Balaban J connectivity index is 0. The summed E-state index contributed by atoms with van der Waals surface area (Å²) in [5, 5.41) is 0. The summed E-state index contributed by atoms with van der Waals surface area (Å²) in [6.45, 7) is 6.07.